The quantitative estimate of drug-likeness (QED) is 0.838. The topological polar surface area (TPSA) is 49.8 Å². The minimum absolute atomic E-state index is 0.694. The third kappa shape index (κ3) is 3.51. The summed E-state index contributed by atoms with van der Waals surface area (Å²) in [6, 6.07) is 4.07. The Labute approximate surface area is 111 Å². The summed E-state index contributed by atoms with van der Waals surface area (Å²) in [5, 5.41) is 8.52. The Kier molecular flexibility index (Phi) is 4.66. The molecule has 0 bridgehead atoms. The van der Waals surface area contributed by atoms with Gasteiger partial charge in [-0.05, 0) is 43.5 Å². The molecule has 0 radical (unpaired) electrons. The average molecular weight is 262 g/mol. The molecule has 0 unspecified atom stereocenters. The molecule has 96 valence electrons. The van der Waals surface area contributed by atoms with Gasteiger partial charge in [-0.15, -0.1) is 11.3 Å². The number of nitrogens with one attached hydrogen (secondary N) is 2. The molecule has 2 N–H and O–H groups in total. The fourth-order valence-electron chi connectivity index (χ4n) is 1.71. The third-order valence-corrected chi connectivity index (χ3v) is 3.75. The predicted molar refractivity (Wildman–Crippen MR) is 76.0 cm³/mol. The van der Waals surface area contributed by atoms with Crippen molar-refractivity contribution in [3.8, 4) is 0 Å². The van der Waals surface area contributed by atoms with Gasteiger partial charge < -0.3 is 10.6 Å². The van der Waals surface area contributed by atoms with Crippen LogP contribution in [0.2, 0.25) is 0 Å². The maximum atomic E-state index is 4.42. The zero-order valence-electron chi connectivity index (χ0n) is 10.7. The lowest BCUT2D eigenvalue weighted by atomic mass is 10.2. The van der Waals surface area contributed by atoms with E-state index in [1.54, 1.807) is 6.20 Å². The molecular formula is C13H18N4S. The molecule has 5 heteroatoms. The number of anilines is 1. The molecule has 0 spiro atoms. The van der Waals surface area contributed by atoms with Crippen molar-refractivity contribution < 1.29 is 0 Å². The first-order valence-electron chi connectivity index (χ1n) is 6.03. The zero-order valence-corrected chi connectivity index (χ0v) is 11.5. The molecular weight excluding hydrogens is 244 g/mol. The lowest BCUT2D eigenvalue weighted by Crippen LogP contribution is -2.11. The van der Waals surface area contributed by atoms with Crippen LogP contribution in [0.15, 0.2) is 23.7 Å². The molecule has 0 saturated carbocycles. The van der Waals surface area contributed by atoms with Gasteiger partial charge in [-0.1, -0.05) is 0 Å². The van der Waals surface area contributed by atoms with Crippen LogP contribution in [0.25, 0.3) is 0 Å². The highest BCUT2D eigenvalue weighted by Crippen LogP contribution is 2.16. The second-order valence-corrected chi connectivity index (χ2v) is 5.09. The number of hydrogen-bond donors (Lipinski definition) is 2. The highest BCUT2D eigenvalue weighted by molar-refractivity contribution is 7.10. The minimum Gasteiger partial charge on any atom is -0.370 e. The van der Waals surface area contributed by atoms with Gasteiger partial charge in [0.25, 0.3) is 0 Å². The van der Waals surface area contributed by atoms with E-state index in [0.717, 1.165) is 24.6 Å². The van der Waals surface area contributed by atoms with Crippen LogP contribution in [0.4, 0.5) is 5.82 Å². The van der Waals surface area contributed by atoms with Gasteiger partial charge in [0, 0.05) is 17.6 Å². The molecule has 0 aliphatic rings. The van der Waals surface area contributed by atoms with E-state index in [1.807, 2.05) is 24.5 Å². The molecule has 2 aromatic heterocycles. The smallest absolute Gasteiger partial charge is 0.144 e. The Hall–Kier alpha value is -1.46. The monoisotopic (exact) mass is 262 g/mol. The lowest BCUT2D eigenvalue weighted by Gasteiger charge is -2.06. The van der Waals surface area contributed by atoms with E-state index in [1.165, 1.54) is 10.4 Å². The Bertz CT molecular complexity index is 495. The van der Waals surface area contributed by atoms with Gasteiger partial charge in [0.1, 0.15) is 11.6 Å². The van der Waals surface area contributed by atoms with E-state index < -0.39 is 0 Å². The first-order chi connectivity index (χ1) is 8.79. The van der Waals surface area contributed by atoms with Crippen LogP contribution >= 0.6 is 11.3 Å². The third-order valence-electron chi connectivity index (χ3n) is 2.67. The number of aromatic nitrogens is 2. The Balaban J connectivity index is 1.86. The largest absolute Gasteiger partial charge is 0.370 e. The maximum Gasteiger partial charge on any atom is 0.144 e. The normalized spacial score (nSPS) is 10.6. The SMILES string of the molecule is CNCc1nccc(NCCc2sccc2C)n1. The van der Waals surface area contributed by atoms with E-state index in [4.69, 9.17) is 0 Å². The number of nitrogens with zero attached hydrogens (tertiary/aromatic N) is 2. The number of aryl methyl sites for hydroxylation is 1. The van der Waals surface area contributed by atoms with Crippen molar-refractivity contribution in [1.82, 2.24) is 15.3 Å². The zero-order chi connectivity index (χ0) is 12.8. The summed E-state index contributed by atoms with van der Waals surface area (Å²) < 4.78 is 0. The van der Waals surface area contributed by atoms with Crippen molar-refractivity contribution in [1.29, 1.82) is 0 Å². The fraction of sp³-hybridized carbons (Fsp3) is 0.385. The summed E-state index contributed by atoms with van der Waals surface area (Å²) in [7, 11) is 1.89. The molecule has 0 fully saturated rings. The van der Waals surface area contributed by atoms with Crippen LogP contribution in [0.5, 0.6) is 0 Å². The Morgan fingerprint density at radius 2 is 2.22 bits per heavy atom. The summed E-state index contributed by atoms with van der Waals surface area (Å²) >= 11 is 1.81. The van der Waals surface area contributed by atoms with Crippen LogP contribution in [-0.4, -0.2) is 23.6 Å². The average Bonchev–Trinajstić information content (AvgIpc) is 2.76. The first kappa shape index (κ1) is 13.0. The molecule has 0 aliphatic carbocycles. The second kappa shape index (κ2) is 6.47. The van der Waals surface area contributed by atoms with Gasteiger partial charge in [-0.25, -0.2) is 9.97 Å². The van der Waals surface area contributed by atoms with E-state index in [9.17, 15) is 0 Å². The predicted octanol–water partition coefficient (Wildman–Crippen LogP) is 2.22. The second-order valence-electron chi connectivity index (χ2n) is 4.09. The Morgan fingerprint density at radius 3 is 2.94 bits per heavy atom. The van der Waals surface area contributed by atoms with Crippen molar-refractivity contribution in [2.45, 2.75) is 19.9 Å². The summed E-state index contributed by atoms with van der Waals surface area (Å²) in [6.07, 6.45) is 2.83. The van der Waals surface area contributed by atoms with Gasteiger partial charge in [-0.3, -0.25) is 0 Å². The summed E-state index contributed by atoms with van der Waals surface area (Å²) in [5.74, 6) is 1.71. The fourth-order valence-corrected chi connectivity index (χ4v) is 2.62. The van der Waals surface area contributed by atoms with Crippen LogP contribution in [0, 0.1) is 6.92 Å². The number of hydrogen-bond acceptors (Lipinski definition) is 5. The number of thiophene rings is 1. The summed E-state index contributed by atoms with van der Waals surface area (Å²) in [5.41, 5.74) is 1.38. The molecule has 2 rings (SSSR count). The van der Waals surface area contributed by atoms with Crippen molar-refractivity contribution in [2.24, 2.45) is 0 Å². The van der Waals surface area contributed by atoms with Gasteiger partial charge in [0.15, 0.2) is 0 Å². The lowest BCUT2D eigenvalue weighted by molar-refractivity contribution is 0.758. The highest BCUT2D eigenvalue weighted by Gasteiger charge is 2.01. The highest BCUT2D eigenvalue weighted by atomic mass is 32.1. The molecule has 4 nitrogen and oxygen atoms in total. The molecule has 0 saturated heterocycles. The molecule has 2 heterocycles. The Morgan fingerprint density at radius 1 is 1.33 bits per heavy atom. The van der Waals surface area contributed by atoms with Crippen molar-refractivity contribution >= 4 is 17.2 Å². The molecule has 2 aromatic rings. The van der Waals surface area contributed by atoms with Crippen molar-refractivity contribution in [3.05, 3.63) is 40.0 Å². The molecule has 0 atom stereocenters. The maximum absolute atomic E-state index is 4.42. The van der Waals surface area contributed by atoms with E-state index in [2.05, 4.69) is 39.0 Å². The van der Waals surface area contributed by atoms with E-state index in [-0.39, 0.29) is 0 Å². The molecule has 0 amide bonds. The first-order valence-corrected chi connectivity index (χ1v) is 6.91. The van der Waals surface area contributed by atoms with Crippen molar-refractivity contribution in [2.75, 3.05) is 18.9 Å². The van der Waals surface area contributed by atoms with Gasteiger partial charge in [0.2, 0.25) is 0 Å². The van der Waals surface area contributed by atoms with Crippen molar-refractivity contribution in [3.63, 3.8) is 0 Å². The van der Waals surface area contributed by atoms with E-state index in [0.29, 0.717) is 6.54 Å². The van der Waals surface area contributed by atoms with Gasteiger partial charge in [-0.2, -0.15) is 0 Å². The van der Waals surface area contributed by atoms with Crippen LogP contribution in [-0.2, 0) is 13.0 Å². The van der Waals surface area contributed by atoms with Crippen LogP contribution in [0.3, 0.4) is 0 Å². The van der Waals surface area contributed by atoms with E-state index >= 15 is 0 Å². The molecule has 0 aliphatic heterocycles. The molecule has 0 aromatic carbocycles. The van der Waals surface area contributed by atoms with Crippen LogP contribution in [0.1, 0.15) is 16.3 Å². The summed E-state index contributed by atoms with van der Waals surface area (Å²) in [6.45, 7) is 3.75. The van der Waals surface area contributed by atoms with Gasteiger partial charge >= 0.3 is 0 Å². The number of rotatable bonds is 6. The standard InChI is InChI=1S/C13H18N4S/c1-10-5-8-18-11(10)3-6-15-12-4-7-16-13(17-12)9-14-2/h4-5,7-8,14H,3,6,9H2,1-2H3,(H,15,16,17). The van der Waals surface area contributed by atoms with Gasteiger partial charge in [0.05, 0.1) is 6.54 Å². The minimum atomic E-state index is 0.694. The molecule has 18 heavy (non-hydrogen) atoms. The summed E-state index contributed by atoms with van der Waals surface area (Å²) in [4.78, 5) is 10.0. The van der Waals surface area contributed by atoms with Crippen LogP contribution < -0.4 is 10.6 Å².